The van der Waals surface area contributed by atoms with Crippen molar-refractivity contribution in [2.24, 2.45) is 40.9 Å². The van der Waals surface area contributed by atoms with E-state index in [-0.39, 0.29) is 0 Å². The van der Waals surface area contributed by atoms with Crippen molar-refractivity contribution in [3.8, 4) is 0 Å². The number of hydrogen-bond acceptors (Lipinski definition) is 1. The summed E-state index contributed by atoms with van der Waals surface area (Å²) in [5.41, 5.74) is 0.503. The fourth-order valence-electron chi connectivity index (χ4n) is 8.09. The van der Waals surface area contributed by atoms with Gasteiger partial charge < -0.3 is 4.57 Å². The molecule has 0 bridgehead atoms. The standard InChI is InChI=1S/C23H43NSi/c1-15-17-10-8-9-11-18(17)21-19-14-16(23(2,3)4)12-13-20(19)24(22(15)21)25(5,6)7/h15-22H,8-14H2,1-7H3. The van der Waals surface area contributed by atoms with Crippen molar-refractivity contribution in [1.82, 2.24) is 4.57 Å². The number of nitrogens with zero attached hydrogens (tertiary/aromatic N) is 1. The van der Waals surface area contributed by atoms with Crippen LogP contribution in [-0.4, -0.2) is 24.9 Å². The molecule has 0 aromatic carbocycles. The minimum Gasteiger partial charge on any atom is -0.318 e. The molecule has 0 aromatic heterocycles. The van der Waals surface area contributed by atoms with E-state index < -0.39 is 8.24 Å². The maximum atomic E-state index is 3.20. The first kappa shape index (κ1) is 18.5. The smallest absolute Gasteiger partial charge is 0.119 e. The molecule has 1 heterocycles. The van der Waals surface area contributed by atoms with Crippen molar-refractivity contribution in [1.29, 1.82) is 0 Å². The van der Waals surface area contributed by atoms with Gasteiger partial charge in [-0.25, -0.2) is 0 Å². The van der Waals surface area contributed by atoms with Gasteiger partial charge in [0.1, 0.15) is 8.24 Å². The maximum Gasteiger partial charge on any atom is 0.119 e. The van der Waals surface area contributed by atoms with Crippen molar-refractivity contribution in [3.05, 3.63) is 0 Å². The van der Waals surface area contributed by atoms with E-state index in [2.05, 4.69) is 51.9 Å². The Morgan fingerprint density at radius 3 is 2.08 bits per heavy atom. The minimum absolute atomic E-state index is 0.503. The first-order chi connectivity index (χ1) is 11.6. The fraction of sp³-hybridized carbons (Fsp3) is 1.00. The third-order valence-electron chi connectivity index (χ3n) is 9.01. The molecule has 25 heavy (non-hydrogen) atoms. The van der Waals surface area contributed by atoms with Gasteiger partial charge in [0.25, 0.3) is 0 Å². The van der Waals surface area contributed by atoms with Gasteiger partial charge in [0.15, 0.2) is 0 Å². The third kappa shape index (κ3) is 2.89. The predicted octanol–water partition coefficient (Wildman–Crippen LogP) is 6.41. The fourth-order valence-corrected chi connectivity index (χ4v) is 10.7. The monoisotopic (exact) mass is 361 g/mol. The molecular formula is C23H43NSi. The summed E-state index contributed by atoms with van der Waals surface area (Å²) in [4.78, 5) is 0. The summed E-state index contributed by atoms with van der Waals surface area (Å²) in [5, 5.41) is 0. The zero-order valence-electron chi connectivity index (χ0n) is 18.0. The van der Waals surface area contributed by atoms with Crippen molar-refractivity contribution in [3.63, 3.8) is 0 Å². The second kappa shape index (κ2) is 6.09. The van der Waals surface area contributed by atoms with Crippen molar-refractivity contribution < 1.29 is 0 Å². The van der Waals surface area contributed by atoms with Crippen LogP contribution in [-0.2, 0) is 0 Å². The summed E-state index contributed by atoms with van der Waals surface area (Å²) in [6.07, 6.45) is 10.6. The molecule has 4 fully saturated rings. The molecule has 4 rings (SSSR count). The average molecular weight is 362 g/mol. The lowest BCUT2D eigenvalue weighted by molar-refractivity contribution is 0.0726. The van der Waals surface area contributed by atoms with E-state index in [0.717, 1.165) is 47.6 Å². The summed E-state index contributed by atoms with van der Waals surface area (Å²) < 4.78 is 3.20. The Bertz CT molecular complexity index is 501. The molecule has 1 nitrogen and oxygen atoms in total. The largest absolute Gasteiger partial charge is 0.318 e. The van der Waals surface area contributed by atoms with E-state index in [1.807, 2.05) is 0 Å². The van der Waals surface area contributed by atoms with Crippen LogP contribution in [0, 0.1) is 40.9 Å². The highest BCUT2D eigenvalue weighted by Gasteiger charge is 2.63. The van der Waals surface area contributed by atoms with Crippen LogP contribution in [0.3, 0.4) is 0 Å². The Kier molecular flexibility index (Phi) is 4.52. The topological polar surface area (TPSA) is 3.24 Å². The molecule has 8 unspecified atom stereocenters. The van der Waals surface area contributed by atoms with Gasteiger partial charge in [-0.05, 0) is 73.0 Å². The molecule has 144 valence electrons. The highest BCUT2D eigenvalue weighted by atomic mass is 28.3. The normalized spacial score (nSPS) is 48.1. The van der Waals surface area contributed by atoms with Crippen LogP contribution in [0.5, 0.6) is 0 Å². The first-order valence-electron chi connectivity index (χ1n) is 11.4. The predicted molar refractivity (Wildman–Crippen MR) is 111 cm³/mol. The Labute approximate surface area is 158 Å². The summed E-state index contributed by atoms with van der Waals surface area (Å²) in [5.74, 6) is 6.10. The Morgan fingerprint density at radius 1 is 0.840 bits per heavy atom. The third-order valence-corrected chi connectivity index (χ3v) is 11.2. The van der Waals surface area contributed by atoms with Gasteiger partial charge in [-0.15, -0.1) is 0 Å². The van der Waals surface area contributed by atoms with Gasteiger partial charge >= 0.3 is 0 Å². The zero-order valence-corrected chi connectivity index (χ0v) is 19.0. The second-order valence-corrected chi connectivity index (χ2v) is 17.1. The lowest BCUT2D eigenvalue weighted by Gasteiger charge is -2.47. The van der Waals surface area contributed by atoms with Gasteiger partial charge in [-0.3, -0.25) is 0 Å². The molecule has 3 aliphatic carbocycles. The highest BCUT2D eigenvalue weighted by molar-refractivity contribution is 6.73. The molecule has 0 N–H and O–H groups in total. The molecule has 1 aliphatic heterocycles. The Morgan fingerprint density at radius 2 is 1.48 bits per heavy atom. The molecule has 0 aromatic rings. The zero-order chi connectivity index (χ0) is 18.1. The number of hydrogen-bond donors (Lipinski definition) is 0. The van der Waals surface area contributed by atoms with Gasteiger partial charge in [0.05, 0.1) is 0 Å². The van der Waals surface area contributed by atoms with Crippen LogP contribution in [0.1, 0.15) is 72.6 Å². The van der Waals surface area contributed by atoms with Crippen LogP contribution in [0.25, 0.3) is 0 Å². The van der Waals surface area contributed by atoms with Crippen molar-refractivity contribution >= 4 is 8.24 Å². The molecule has 0 amide bonds. The first-order valence-corrected chi connectivity index (χ1v) is 14.8. The van der Waals surface area contributed by atoms with E-state index in [1.165, 1.54) is 32.1 Å². The van der Waals surface area contributed by atoms with E-state index in [9.17, 15) is 0 Å². The quantitative estimate of drug-likeness (QED) is 0.488. The summed E-state index contributed by atoms with van der Waals surface area (Å²) in [6, 6.07) is 1.87. The molecule has 3 saturated carbocycles. The van der Waals surface area contributed by atoms with Gasteiger partial charge in [-0.1, -0.05) is 60.2 Å². The maximum absolute atomic E-state index is 3.20. The molecule has 8 atom stereocenters. The molecule has 0 spiro atoms. The van der Waals surface area contributed by atoms with Crippen LogP contribution < -0.4 is 0 Å². The highest BCUT2D eigenvalue weighted by Crippen LogP contribution is 2.62. The van der Waals surface area contributed by atoms with Crippen molar-refractivity contribution in [2.45, 2.75) is 104 Å². The summed E-state index contributed by atoms with van der Waals surface area (Å²) in [7, 11) is -1.26. The average Bonchev–Trinajstić information content (AvgIpc) is 3.00. The Hall–Kier alpha value is 0.177. The summed E-state index contributed by atoms with van der Waals surface area (Å²) >= 11 is 0. The van der Waals surface area contributed by atoms with Crippen LogP contribution in [0.4, 0.5) is 0 Å². The van der Waals surface area contributed by atoms with Gasteiger partial charge in [0.2, 0.25) is 0 Å². The Balaban J connectivity index is 1.70. The summed E-state index contributed by atoms with van der Waals surface area (Å²) in [6.45, 7) is 18.1. The number of fused-ring (bicyclic) bond motifs is 5. The van der Waals surface area contributed by atoms with Crippen molar-refractivity contribution in [2.75, 3.05) is 0 Å². The van der Waals surface area contributed by atoms with Gasteiger partial charge in [0, 0.05) is 12.1 Å². The molecule has 4 aliphatic rings. The minimum atomic E-state index is -1.26. The van der Waals surface area contributed by atoms with E-state index in [1.54, 1.807) is 12.8 Å². The lowest BCUT2D eigenvalue weighted by Crippen LogP contribution is -2.56. The van der Waals surface area contributed by atoms with E-state index in [4.69, 9.17) is 0 Å². The second-order valence-electron chi connectivity index (χ2n) is 12.2. The number of rotatable bonds is 1. The SMILES string of the molecule is CC1C2CCCCC2C2C3CC(C(C)(C)C)CCC3N([Si](C)(C)C)C12. The molecule has 1 saturated heterocycles. The molecule has 2 heteroatoms. The van der Waals surface area contributed by atoms with E-state index >= 15 is 0 Å². The van der Waals surface area contributed by atoms with Crippen LogP contribution in [0.2, 0.25) is 19.6 Å². The lowest BCUT2D eigenvalue weighted by atomic mass is 9.63. The van der Waals surface area contributed by atoms with Crippen LogP contribution >= 0.6 is 0 Å². The van der Waals surface area contributed by atoms with E-state index in [0.29, 0.717) is 5.41 Å². The van der Waals surface area contributed by atoms with Gasteiger partial charge in [-0.2, -0.15) is 0 Å². The molecular weight excluding hydrogens is 318 g/mol. The van der Waals surface area contributed by atoms with Crippen LogP contribution in [0.15, 0.2) is 0 Å². The molecule has 0 radical (unpaired) electrons.